The molecule has 0 N–H and O–H groups in total. The van der Waals surface area contributed by atoms with E-state index in [4.69, 9.17) is 4.74 Å². The largest absolute Gasteiger partial charge is 0.496 e. The Hall–Kier alpha value is -1.55. The van der Waals surface area contributed by atoms with Gasteiger partial charge in [0.2, 0.25) is 5.91 Å². The highest BCUT2D eigenvalue weighted by atomic mass is 16.5. The van der Waals surface area contributed by atoms with Crippen LogP contribution >= 0.6 is 0 Å². The van der Waals surface area contributed by atoms with Gasteiger partial charge in [-0.05, 0) is 44.8 Å². The fraction of sp³-hybridized carbons (Fsp3) is 0.650. The predicted molar refractivity (Wildman–Crippen MR) is 98.2 cm³/mol. The number of carbonyl (C=O) groups excluding carboxylic acids is 1. The van der Waals surface area contributed by atoms with Gasteiger partial charge in [0.15, 0.2) is 0 Å². The lowest BCUT2D eigenvalue weighted by Gasteiger charge is -2.34. The third-order valence-corrected chi connectivity index (χ3v) is 4.78. The van der Waals surface area contributed by atoms with Gasteiger partial charge in [0.25, 0.3) is 0 Å². The minimum atomic E-state index is 0.161. The van der Waals surface area contributed by atoms with E-state index in [0.29, 0.717) is 12.5 Å². The summed E-state index contributed by atoms with van der Waals surface area (Å²) in [7, 11) is 3.59. The fourth-order valence-electron chi connectivity index (χ4n) is 3.55. The summed E-state index contributed by atoms with van der Waals surface area (Å²) in [5, 5.41) is 0. The molecule has 2 rings (SSSR count). The quantitative estimate of drug-likeness (QED) is 0.801. The first-order chi connectivity index (χ1) is 11.4. The molecule has 0 bridgehead atoms. The number of piperidine rings is 1. The molecule has 0 aliphatic carbocycles. The first-order valence-corrected chi connectivity index (χ1v) is 9.01. The van der Waals surface area contributed by atoms with Gasteiger partial charge in [-0.2, -0.15) is 0 Å². The van der Waals surface area contributed by atoms with Crippen molar-refractivity contribution in [2.75, 3.05) is 33.8 Å². The normalized spacial score (nSPS) is 16.4. The number of nitrogens with zero attached hydrogens (tertiary/aromatic N) is 2. The van der Waals surface area contributed by atoms with Crippen LogP contribution in [0.25, 0.3) is 0 Å². The van der Waals surface area contributed by atoms with Crippen molar-refractivity contribution in [3.63, 3.8) is 0 Å². The van der Waals surface area contributed by atoms with Crippen molar-refractivity contribution >= 4 is 5.91 Å². The summed E-state index contributed by atoms with van der Waals surface area (Å²) in [5.41, 5.74) is 2.26. The van der Waals surface area contributed by atoms with Crippen LogP contribution in [0.2, 0.25) is 0 Å². The van der Waals surface area contributed by atoms with Gasteiger partial charge in [0, 0.05) is 31.6 Å². The zero-order valence-corrected chi connectivity index (χ0v) is 15.8. The van der Waals surface area contributed by atoms with Gasteiger partial charge < -0.3 is 14.5 Å². The van der Waals surface area contributed by atoms with Crippen molar-refractivity contribution in [2.45, 2.75) is 40.2 Å². The molecule has 1 fully saturated rings. The predicted octanol–water partition coefficient (Wildman–Crippen LogP) is 3.33. The van der Waals surface area contributed by atoms with Crippen LogP contribution < -0.4 is 4.74 Å². The number of carbonyl (C=O) groups is 1. The van der Waals surface area contributed by atoms with Crippen LogP contribution in [-0.4, -0.2) is 49.5 Å². The van der Waals surface area contributed by atoms with Gasteiger partial charge >= 0.3 is 0 Å². The second kappa shape index (κ2) is 8.52. The summed E-state index contributed by atoms with van der Waals surface area (Å²) >= 11 is 0. The van der Waals surface area contributed by atoms with Gasteiger partial charge in [0.05, 0.1) is 7.11 Å². The number of hydrogen-bond acceptors (Lipinski definition) is 3. The SMILES string of the molecule is COc1ccc(C)cc1CN(C)C(=O)C1CCN(CC(C)C)CC1. The molecule has 0 saturated carbocycles. The minimum absolute atomic E-state index is 0.161. The lowest BCUT2D eigenvalue weighted by molar-refractivity contribution is -0.136. The van der Waals surface area contributed by atoms with Crippen LogP contribution in [0, 0.1) is 18.8 Å². The first-order valence-electron chi connectivity index (χ1n) is 9.01. The van der Waals surface area contributed by atoms with Crippen molar-refractivity contribution in [1.29, 1.82) is 0 Å². The highest BCUT2D eigenvalue weighted by Gasteiger charge is 2.27. The molecule has 4 heteroatoms. The summed E-state index contributed by atoms with van der Waals surface area (Å²) in [4.78, 5) is 17.1. The van der Waals surface area contributed by atoms with E-state index in [1.54, 1.807) is 7.11 Å². The average Bonchev–Trinajstić information content (AvgIpc) is 2.54. The van der Waals surface area contributed by atoms with E-state index in [-0.39, 0.29) is 11.8 Å². The van der Waals surface area contributed by atoms with E-state index >= 15 is 0 Å². The summed E-state index contributed by atoms with van der Waals surface area (Å²) < 4.78 is 5.43. The van der Waals surface area contributed by atoms with E-state index in [9.17, 15) is 4.79 Å². The topological polar surface area (TPSA) is 32.8 Å². The molecule has 1 saturated heterocycles. The molecular formula is C20H32N2O2. The second-order valence-corrected chi connectivity index (χ2v) is 7.48. The number of rotatable bonds is 6. The van der Waals surface area contributed by atoms with Gasteiger partial charge in [-0.25, -0.2) is 0 Å². The molecule has 1 aliphatic heterocycles. The Kier molecular flexibility index (Phi) is 6.67. The van der Waals surface area contributed by atoms with Crippen LogP contribution in [0.1, 0.15) is 37.8 Å². The standard InChI is InChI=1S/C20H32N2O2/c1-15(2)13-22-10-8-17(9-11-22)20(23)21(4)14-18-12-16(3)6-7-19(18)24-5/h6-7,12,15,17H,8-11,13-14H2,1-5H3. The van der Waals surface area contributed by atoms with Crippen molar-refractivity contribution in [2.24, 2.45) is 11.8 Å². The highest BCUT2D eigenvalue weighted by Crippen LogP contribution is 2.24. The van der Waals surface area contributed by atoms with Gasteiger partial charge in [-0.15, -0.1) is 0 Å². The van der Waals surface area contributed by atoms with E-state index in [2.05, 4.69) is 31.7 Å². The summed E-state index contributed by atoms with van der Waals surface area (Å²) in [6.07, 6.45) is 1.95. The molecule has 1 aliphatic rings. The first kappa shape index (κ1) is 18.8. The molecule has 134 valence electrons. The van der Waals surface area contributed by atoms with Gasteiger partial charge in [-0.1, -0.05) is 31.5 Å². The van der Waals surface area contributed by atoms with E-state index in [1.165, 1.54) is 5.56 Å². The Balaban J connectivity index is 1.92. The molecule has 0 radical (unpaired) electrons. The van der Waals surface area contributed by atoms with Crippen molar-refractivity contribution < 1.29 is 9.53 Å². The molecule has 1 aromatic rings. The average molecular weight is 332 g/mol. The van der Waals surface area contributed by atoms with Crippen molar-refractivity contribution in [3.05, 3.63) is 29.3 Å². The van der Waals surface area contributed by atoms with Crippen LogP contribution in [0.5, 0.6) is 5.75 Å². The summed E-state index contributed by atoms with van der Waals surface area (Å²) in [6, 6.07) is 6.12. The molecule has 24 heavy (non-hydrogen) atoms. The lowest BCUT2D eigenvalue weighted by Crippen LogP contribution is -2.42. The van der Waals surface area contributed by atoms with Crippen LogP contribution in [0.15, 0.2) is 18.2 Å². The third-order valence-electron chi connectivity index (χ3n) is 4.78. The number of hydrogen-bond donors (Lipinski definition) is 0. The maximum Gasteiger partial charge on any atom is 0.225 e. The maximum atomic E-state index is 12.8. The van der Waals surface area contributed by atoms with Crippen LogP contribution in [-0.2, 0) is 11.3 Å². The Morgan fingerprint density at radius 2 is 2.00 bits per heavy atom. The van der Waals surface area contributed by atoms with Crippen LogP contribution in [0.3, 0.4) is 0 Å². The molecule has 1 heterocycles. The molecule has 1 aromatic carbocycles. The zero-order chi connectivity index (χ0) is 17.7. The zero-order valence-electron chi connectivity index (χ0n) is 15.8. The lowest BCUT2D eigenvalue weighted by atomic mass is 9.94. The number of methoxy groups -OCH3 is 1. The van der Waals surface area contributed by atoms with Gasteiger partial charge in [0.1, 0.15) is 5.75 Å². The number of benzene rings is 1. The third kappa shape index (κ3) is 4.97. The Morgan fingerprint density at radius 3 is 2.58 bits per heavy atom. The molecule has 1 amide bonds. The van der Waals surface area contributed by atoms with Crippen molar-refractivity contribution in [1.82, 2.24) is 9.80 Å². The van der Waals surface area contributed by atoms with Gasteiger partial charge in [-0.3, -0.25) is 4.79 Å². The summed E-state index contributed by atoms with van der Waals surface area (Å²) in [6.45, 7) is 10.4. The van der Waals surface area contributed by atoms with Crippen molar-refractivity contribution in [3.8, 4) is 5.75 Å². The molecule has 0 aromatic heterocycles. The molecule has 0 unspecified atom stereocenters. The molecule has 0 spiro atoms. The smallest absolute Gasteiger partial charge is 0.225 e. The number of aryl methyl sites for hydroxylation is 1. The van der Waals surface area contributed by atoms with E-state index in [0.717, 1.165) is 43.8 Å². The summed E-state index contributed by atoms with van der Waals surface area (Å²) in [5.74, 6) is 1.97. The maximum absolute atomic E-state index is 12.8. The fourth-order valence-corrected chi connectivity index (χ4v) is 3.55. The number of amides is 1. The molecular weight excluding hydrogens is 300 g/mol. The second-order valence-electron chi connectivity index (χ2n) is 7.48. The Bertz CT molecular complexity index is 549. The molecule has 4 nitrogen and oxygen atoms in total. The van der Waals surface area contributed by atoms with E-state index < -0.39 is 0 Å². The number of ether oxygens (including phenoxy) is 1. The van der Waals surface area contributed by atoms with Crippen LogP contribution in [0.4, 0.5) is 0 Å². The monoisotopic (exact) mass is 332 g/mol. The highest BCUT2D eigenvalue weighted by molar-refractivity contribution is 5.78. The minimum Gasteiger partial charge on any atom is -0.496 e. The Labute approximate surface area is 146 Å². The Morgan fingerprint density at radius 1 is 1.33 bits per heavy atom. The number of likely N-dealkylation sites (tertiary alicyclic amines) is 1. The van der Waals surface area contributed by atoms with E-state index in [1.807, 2.05) is 24.1 Å². The molecule has 0 atom stereocenters.